The summed E-state index contributed by atoms with van der Waals surface area (Å²) in [6, 6.07) is 7.97. The lowest BCUT2D eigenvalue weighted by atomic mass is 9.45. The summed E-state index contributed by atoms with van der Waals surface area (Å²) in [6.07, 6.45) is 2.51. The van der Waals surface area contributed by atoms with Gasteiger partial charge in [0.1, 0.15) is 11.1 Å². The third-order valence-corrected chi connectivity index (χ3v) is 7.91. The molecule has 3 N–H and O–H groups in total. The van der Waals surface area contributed by atoms with Gasteiger partial charge in [-0.05, 0) is 31.4 Å². The molecule has 4 fully saturated rings. The third kappa shape index (κ3) is 1.55. The lowest BCUT2D eigenvalue weighted by molar-refractivity contribution is -0.184. The molecule has 6 atom stereocenters. The molecule has 3 saturated heterocycles. The van der Waals surface area contributed by atoms with E-state index in [1.165, 1.54) is 7.11 Å². The second-order valence-electron chi connectivity index (χ2n) is 8.30. The van der Waals surface area contributed by atoms with Crippen molar-refractivity contribution in [2.45, 2.75) is 36.9 Å². The van der Waals surface area contributed by atoms with Crippen molar-refractivity contribution in [3.8, 4) is 0 Å². The Hall–Kier alpha value is -1.89. The highest BCUT2D eigenvalue weighted by atomic mass is 16.5. The third-order valence-electron chi connectivity index (χ3n) is 7.91. The maximum atomic E-state index is 13.4. The number of para-hydroxylation sites is 1. The molecule has 1 aliphatic carbocycles. The van der Waals surface area contributed by atoms with Crippen LogP contribution < -0.4 is 5.32 Å². The van der Waals surface area contributed by atoms with Crippen LogP contribution in [0.1, 0.15) is 25.3 Å². The number of hydrogen-bond donors (Lipinski definition) is 3. The van der Waals surface area contributed by atoms with Gasteiger partial charge < -0.3 is 20.3 Å². The summed E-state index contributed by atoms with van der Waals surface area (Å²) >= 11 is 0. The smallest absolute Gasteiger partial charge is 0.315 e. The highest BCUT2D eigenvalue weighted by molar-refractivity contribution is 5.85. The van der Waals surface area contributed by atoms with Gasteiger partial charge in [-0.1, -0.05) is 29.8 Å². The van der Waals surface area contributed by atoms with E-state index in [4.69, 9.17) is 4.74 Å². The molecule has 5 aliphatic rings. The molecular weight excluding hydrogens is 344 g/mol. The van der Waals surface area contributed by atoms with Gasteiger partial charge in [0.15, 0.2) is 0 Å². The minimum Gasteiger partial charge on any atom is -0.468 e. The predicted molar refractivity (Wildman–Crippen MR) is 100 cm³/mol. The van der Waals surface area contributed by atoms with Crippen LogP contribution in [-0.2, 0) is 14.9 Å². The van der Waals surface area contributed by atoms with Crippen molar-refractivity contribution in [2.24, 2.45) is 11.3 Å². The van der Waals surface area contributed by atoms with Gasteiger partial charge >= 0.3 is 5.97 Å². The van der Waals surface area contributed by atoms with Crippen molar-refractivity contribution in [3.05, 3.63) is 41.5 Å². The average Bonchev–Trinajstić information content (AvgIpc) is 3.11. The van der Waals surface area contributed by atoms with Crippen LogP contribution >= 0.6 is 0 Å². The van der Waals surface area contributed by atoms with Crippen LogP contribution in [-0.4, -0.2) is 59.7 Å². The Morgan fingerprint density at radius 1 is 1.44 bits per heavy atom. The number of benzene rings is 1. The second kappa shape index (κ2) is 5.34. The van der Waals surface area contributed by atoms with Crippen LogP contribution in [0.2, 0.25) is 0 Å². The van der Waals surface area contributed by atoms with Crippen LogP contribution in [0.5, 0.6) is 0 Å². The molecule has 4 aliphatic heterocycles. The Labute approximate surface area is 158 Å². The fraction of sp³-hybridized carbons (Fsp3) is 0.571. The molecule has 144 valence electrons. The van der Waals surface area contributed by atoms with E-state index in [1.807, 2.05) is 37.3 Å². The number of fused-ring (bicyclic) bond motifs is 3. The van der Waals surface area contributed by atoms with Crippen LogP contribution in [0.15, 0.2) is 35.9 Å². The summed E-state index contributed by atoms with van der Waals surface area (Å²) in [4.78, 5) is 15.7. The molecule has 1 saturated carbocycles. The fourth-order valence-electron chi connectivity index (χ4n) is 7.01. The van der Waals surface area contributed by atoms with Crippen molar-refractivity contribution in [1.29, 1.82) is 0 Å². The van der Waals surface area contributed by atoms with Gasteiger partial charge in [0, 0.05) is 24.7 Å². The van der Waals surface area contributed by atoms with Crippen LogP contribution in [0.4, 0.5) is 5.69 Å². The first-order chi connectivity index (χ1) is 13.0. The van der Waals surface area contributed by atoms with Crippen LogP contribution in [0, 0.1) is 11.3 Å². The minimum absolute atomic E-state index is 0.263. The topological polar surface area (TPSA) is 82.0 Å². The summed E-state index contributed by atoms with van der Waals surface area (Å²) in [7, 11) is 1.40. The molecule has 0 radical (unpaired) electrons. The number of aliphatic hydroxyl groups excluding tert-OH is 2. The number of nitrogens with zero attached hydrogens (tertiary/aromatic N) is 1. The number of allylic oxidation sites excluding steroid dienone is 1. The lowest BCUT2D eigenvalue weighted by Gasteiger charge is -2.59. The van der Waals surface area contributed by atoms with Crippen molar-refractivity contribution >= 4 is 11.7 Å². The van der Waals surface area contributed by atoms with Gasteiger partial charge in [-0.15, -0.1) is 0 Å². The van der Waals surface area contributed by atoms with E-state index >= 15 is 0 Å². The van der Waals surface area contributed by atoms with Crippen LogP contribution in [0.3, 0.4) is 0 Å². The van der Waals surface area contributed by atoms with Gasteiger partial charge in [-0.25, -0.2) is 0 Å². The Bertz CT molecular complexity index is 854. The standard InChI is InChI=1S/C21H26N2O4/c1-3-13-11-23-9-8-20-14-6-4-5-7-16(14)22-21(20,23)17(25)10-15(13)19(20,12-24)18(26)27-2/h3-7,15,17,22,24-25H,8-12H2,1-2H3/b13-3-/t15-,17-,19+,20-,21+/m0/s1. The number of rotatable bonds is 2. The number of hydrogen-bond acceptors (Lipinski definition) is 6. The fourth-order valence-corrected chi connectivity index (χ4v) is 7.01. The first-order valence-electron chi connectivity index (χ1n) is 9.68. The van der Waals surface area contributed by atoms with E-state index in [9.17, 15) is 15.0 Å². The summed E-state index contributed by atoms with van der Waals surface area (Å²) < 4.78 is 5.33. The molecule has 1 spiro atoms. The SMILES string of the molecule is C/C=C1/CN2CC[C@@]34c5ccccc5N[C@]23[C@@H](O)C[C@@H]1[C@]4(CO)C(=O)OC. The molecule has 4 heterocycles. The Kier molecular flexibility index (Phi) is 3.41. The Morgan fingerprint density at radius 2 is 2.22 bits per heavy atom. The highest BCUT2D eigenvalue weighted by Crippen LogP contribution is 2.72. The molecule has 6 heteroatoms. The van der Waals surface area contributed by atoms with Crippen molar-refractivity contribution in [1.82, 2.24) is 4.90 Å². The molecule has 1 aromatic rings. The van der Waals surface area contributed by atoms with Crippen molar-refractivity contribution in [2.75, 3.05) is 32.1 Å². The number of carbonyl (C=O) groups excluding carboxylic acids is 1. The molecule has 1 unspecified atom stereocenters. The zero-order valence-electron chi connectivity index (χ0n) is 15.7. The van der Waals surface area contributed by atoms with Crippen molar-refractivity contribution in [3.63, 3.8) is 0 Å². The average molecular weight is 370 g/mol. The maximum Gasteiger partial charge on any atom is 0.315 e. The molecule has 1 aromatic carbocycles. The largest absolute Gasteiger partial charge is 0.468 e. The number of nitrogens with one attached hydrogen (secondary N) is 1. The highest BCUT2D eigenvalue weighted by Gasteiger charge is 2.82. The van der Waals surface area contributed by atoms with Gasteiger partial charge in [-0.3, -0.25) is 9.69 Å². The van der Waals surface area contributed by atoms with E-state index in [0.29, 0.717) is 19.4 Å². The first kappa shape index (κ1) is 17.2. The van der Waals surface area contributed by atoms with E-state index in [-0.39, 0.29) is 18.5 Å². The number of aliphatic hydroxyl groups is 2. The van der Waals surface area contributed by atoms with Gasteiger partial charge in [0.2, 0.25) is 0 Å². The number of carbonyl (C=O) groups is 1. The summed E-state index contributed by atoms with van der Waals surface area (Å²) in [5.41, 5.74) is 0.354. The van der Waals surface area contributed by atoms with Crippen molar-refractivity contribution < 1.29 is 19.7 Å². The monoisotopic (exact) mass is 370 g/mol. The van der Waals surface area contributed by atoms with E-state index in [2.05, 4.69) is 10.2 Å². The molecule has 6 rings (SSSR count). The number of anilines is 1. The number of methoxy groups -OCH3 is 1. The van der Waals surface area contributed by atoms with Crippen LogP contribution in [0.25, 0.3) is 0 Å². The number of esters is 1. The molecule has 0 aromatic heterocycles. The molecule has 0 amide bonds. The zero-order valence-corrected chi connectivity index (χ0v) is 15.7. The molecular formula is C21H26N2O4. The number of ether oxygens (including phenoxy) is 1. The molecule has 6 nitrogen and oxygen atoms in total. The molecule has 27 heavy (non-hydrogen) atoms. The maximum absolute atomic E-state index is 13.4. The van der Waals surface area contributed by atoms with E-state index in [1.54, 1.807) is 0 Å². The summed E-state index contributed by atoms with van der Waals surface area (Å²) in [5, 5.41) is 25.9. The summed E-state index contributed by atoms with van der Waals surface area (Å²) in [6.45, 7) is 3.10. The zero-order chi connectivity index (χ0) is 19.0. The summed E-state index contributed by atoms with van der Waals surface area (Å²) in [5.74, 6) is -0.644. The predicted octanol–water partition coefficient (Wildman–Crippen LogP) is 1.24. The van der Waals surface area contributed by atoms with E-state index in [0.717, 1.165) is 23.4 Å². The normalized spacial score (nSPS) is 45.2. The first-order valence-corrected chi connectivity index (χ1v) is 9.68. The quantitative estimate of drug-likeness (QED) is 0.537. The Morgan fingerprint density at radius 3 is 2.93 bits per heavy atom. The minimum atomic E-state index is -1.13. The van der Waals surface area contributed by atoms with Gasteiger partial charge in [-0.2, -0.15) is 0 Å². The van der Waals surface area contributed by atoms with E-state index < -0.39 is 22.6 Å². The lowest BCUT2D eigenvalue weighted by Crippen LogP contribution is -2.75. The van der Waals surface area contributed by atoms with Gasteiger partial charge in [0.25, 0.3) is 0 Å². The second-order valence-corrected chi connectivity index (χ2v) is 8.30. The Balaban J connectivity index is 1.93. The van der Waals surface area contributed by atoms with Gasteiger partial charge in [0.05, 0.1) is 25.2 Å². The molecule has 4 bridgehead atoms.